The zero-order valence-electron chi connectivity index (χ0n) is 12.3. The minimum Gasteiger partial charge on any atom is -0.491 e. The Morgan fingerprint density at radius 3 is 2.15 bits per heavy atom. The summed E-state index contributed by atoms with van der Waals surface area (Å²) in [6.45, 7) is 4.73. The van der Waals surface area contributed by atoms with E-state index in [9.17, 15) is 0 Å². The lowest BCUT2D eigenvalue weighted by molar-refractivity contribution is 0.242. The molecule has 0 radical (unpaired) electrons. The summed E-state index contributed by atoms with van der Waals surface area (Å²) in [4.78, 5) is 0. The van der Waals surface area contributed by atoms with Crippen LogP contribution in [0.2, 0.25) is 0 Å². The van der Waals surface area contributed by atoms with Crippen LogP contribution >= 0.6 is 0 Å². The number of hydrogen-bond acceptors (Lipinski definition) is 2. The highest BCUT2D eigenvalue weighted by atomic mass is 16.5. The fourth-order valence-electron chi connectivity index (χ4n) is 2.32. The van der Waals surface area contributed by atoms with Crippen LogP contribution < -0.4 is 10.5 Å². The smallest absolute Gasteiger partial charge is 0.119 e. The van der Waals surface area contributed by atoms with E-state index in [1.54, 1.807) is 0 Å². The first-order chi connectivity index (χ1) is 9.69. The number of nitrogens with two attached hydrogens (primary N) is 1. The summed E-state index contributed by atoms with van der Waals surface area (Å²) >= 11 is 0. The molecule has 0 fully saturated rings. The Kier molecular flexibility index (Phi) is 5.19. The van der Waals surface area contributed by atoms with E-state index in [-0.39, 0.29) is 6.10 Å². The van der Waals surface area contributed by atoms with Gasteiger partial charge >= 0.3 is 0 Å². The molecule has 2 aromatic rings. The topological polar surface area (TPSA) is 35.2 Å². The van der Waals surface area contributed by atoms with Gasteiger partial charge in [0.15, 0.2) is 0 Å². The highest BCUT2D eigenvalue weighted by Gasteiger charge is 2.10. The van der Waals surface area contributed by atoms with Crippen LogP contribution in [0.15, 0.2) is 54.6 Å². The Hall–Kier alpha value is -1.80. The van der Waals surface area contributed by atoms with Gasteiger partial charge in [0, 0.05) is 5.92 Å². The molecule has 2 nitrogen and oxygen atoms in total. The first-order valence-corrected chi connectivity index (χ1v) is 7.19. The Labute approximate surface area is 121 Å². The van der Waals surface area contributed by atoms with Gasteiger partial charge in [0.2, 0.25) is 0 Å². The Morgan fingerprint density at radius 1 is 0.950 bits per heavy atom. The molecule has 20 heavy (non-hydrogen) atoms. The second-order valence-electron chi connectivity index (χ2n) is 5.36. The van der Waals surface area contributed by atoms with Crippen molar-refractivity contribution in [2.75, 3.05) is 6.54 Å². The van der Waals surface area contributed by atoms with E-state index in [0.29, 0.717) is 12.5 Å². The molecule has 0 saturated carbocycles. The number of ether oxygens (including phenoxy) is 1. The van der Waals surface area contributed by atoms with Gasteiger partial charge in [0.05, 0.1) is 6.10 Å². The first kappa shape index (κ1) is 14.6. The summed E-state index contributed by atoms with van der Waals surface area (Å²) < 4.78 is 5.66. The van der Waals surface area contributed by atoms with E-state index >= 15 is 0 Å². The Bertz CT molecular complexity index is 505. The van der Waals surface area contributed by atoms with E-state index in [1.807, 2.05) is 32.0 Å². The largest absolute Gasteiger partial charge is 0.491 e. The third-order valence-electron chi connectivity index (χ3n) is 3.33. The van der Waals surface area contributed by atoms with Crippen LogP contribution in [0.1, 0.15) is 30.9 Å². The van der Waals surface area contributed by atoms with Crippen molar-refractivity contribution in [3.63, 3.8) is 0 Å². The number of hydrogen-bond donors (Lipinski definition) is 1. The van der Waals surface area contributed by atoms with Crippen LogP contribution in [0, 0.1) is 0 Å². The van der Waals surface area contributed by atoms with Crippen molar-refractivity contribution >= 4 is 0 Å². The summed E-state index contributed by atoms with van der Waals surface area (Å²) in [5.74, 6) is 1.29. The SMILES string of the molecule is CC(C)Oc1ccc(CC(CN)c2ccccc2)cc1. The van der Waals surface area contributed by atoms with Crippen molar-refractivity contribution < 1.29 is 4.74 Å². The molecule has 2 heteroatoms. The molecule has 2 aromatic carbocycles. The maximum atomic E-state index is 5.92. The number of benzene rings is 2. The minimum absolute atomic E-state index is 0.210. The van der Waals surface area contributed by atoms with Crippen LogP contribution in [0.4, 0.5) is 0 Å². The average Bonchev–Trinajstić information content (AvgIpc) is 2.47. The fourth-order valence-corrected chi connectivity index (χ4v) is 2.32. The molecule has 0 spiro atoms. The van der Waals surface area contributed by atoms with Crippen LogP contribution in [0.3, 0.4) is 0 Å². The molecule has 0 heterocycles. The Morgan fingerprint density at radius 2 is 1.60 bits per heavy atom. The molecule has 0 bridgehead atoms. The predicted molar refractivity (Wildman–Crippen MR) is 84.1 cm³/mol. The molecule has 1 atom stereocenters. The highest BCUT2D eigenvalue weighted by molar-refractivity contribution is 5.30. The minimum atomic E-state index is 0.210. The predicted octanol–water partition coefficient (Wildman–Crippen LogP) is 3.76. The van der Waals surface area contributed by atoms with Gasteiger partial charge < -0.3 is 10.5 Å². The van der Waals surface area contributed by atoms with Crippen molar-refractivity contribution in [3.05, 3.63) is 65.7 Å². The first-order valence-electron chi connectivity index (χ1n) is 7.19. The second kappa shape index (κ2) is 7.11. The van der Waals surface area contributed by atoms with E-state index < -0.39 is 0 Å². The lowest BCUT2D eigenvalue weighted by Gasteiger charge is -2.16. The van der Waals surface area contributed by atoms with Crippen molar-refractivity contribution in [1.29, 1.82) is 0 Å². The molecular weight excluding hydrogens is 246 g/mol. The van der Waals surface area contributed by atoms with Gasteiger partial charge in [-0.2, -0.15) is 0 Å². The molecule has 2 rings (SSSR count). The van der Waals surface area contributed by atoms with Crippen molar-refractivity contribution in [2.45, 2.75) is 32.3 Å². The molecule has 2 N–H and O–H groups in total. The zero-order valence-corrected chi connectivity index (χ0v) is 12.3. The summed E-state index contributed by atoms with van der Waals surface area (Å²) in [6.07, 6.45) is 1.17. The molecule has 0 aliphatic carbocycles. The molecule has 0 aliphatic rings. The quantitative estimate of drug-likeness (QED) is 0.866. The van der Waals surface area contributed by atoms with E-state index in [2.05, 4.69) is 36.4 Å². The Balaban J connectivity index is 2.05. The van der Waals surface area contributed by atoms with Gasteiger partial charge in [-0.05, 0) is 50.1 Å². The molecule has 1 unspecified atom stereocenters. The van der Waals surface area contributed by atoms with Gasteiger partial charge in [-0.25, -0.2) is 0 Å². The average molecular weight is 269 g/mol. The van der Waals surface area contributed by atoms with Crippen molar-refractivity contribution in [3.8, 4) is 5.75 Å². The van der Waals surface area contributed by atoms with E-state index in [1.165, 1.54) is 11.1 Å². The highest BCUT2D eigenvalue weighted by Crippen LogP contribution is 2.21. The molecule has 0 aliphatic heterocycles. The van der Waals surface area contributed by atoms with Gasteiger partial charge in [-0.15, -0.1) is 0 Å². The molecule has 0 amide bonds. The van der Waals surface area contributed by atoms with E-state index in [4.69, 9.17) is 10.5 Å². The van der Waals surface area contributed by atoms with Crippen molar-refractivity contribution in [2.24, 2.45) is 5.73 Å². The second-order valence-corrected chi connectivity index (χ2v) is 5.36. The molecular formula is C18H23NO. The van der Waals surface area contributed by atoms with Gasteiger partial charge in [0.25, 0.3) is 0 Å². The maximum Gasteiger partial charge on any atom is 0.119 e. The van der Waals surface area contributed by atoms with Gasteiger partial charge in [-0.1, -0.05) is 42.5 Å². The summed E-state index contributed by atoms with van der Waals surface area (Å²) in [7, 11) is 0. The molecule has 0 saturated heterocycles. The molecule has 106 valence electrons. The lowest BCUT2D eigenvalue weighted by atomic mass is 9.92. The summed E-state index contributed by atoms with van der Waals surface area (Å²) in [5, 5.41) is 0. The van der Waals surface area contributed by atoms with Crippen LogP contribution in [-0.4, -0.2) is 12.6 Å². The third-order valence-corrected chi connectivity index (χ3v) is 3.33. The van der Waals surface area contributed by atoms with Gasteiger partial charge in [-0.3, -0.25) is 0 Å². The lowest BCUT2D eigenvalue weighted by Crippen LogP contribution is -2.15. The van der Waals surface area contributed by atoms with Crippen molar-refractivity contribution in [1.82, 2.24) is 0 Å². The normalized spacial score (nSPS) is 12.4. The third kappa shape index (κ3) is 4.10. The standard InChI is InChI=1S/C18H23NO/c1-14(2)20-18-10-8-15(9-11-18)12-17(13-19)16-6-4-3-5-7-16/h3-11,14,17H,12-13,19H2,1-2H3. The van der Waals surface area contributed by atoms with Crippen LogP contribution in [0.25, 0.3) is 0 Å². The number of rotatable bonds is 6. The summed E-state index contributed by atoms with van der Waals surface area (Å²) in [6, 6.07) is 18.8. The van der Waals surface area contributed by atoms with Crippen LogP contribution in [-0.2, 0) is 6.42 Å². The maximum absolute atomic E-state index is 5.92. The van der Waals surface area contributed by atoms with Crippen LogP contribution in [0.5, 0.6) is 5.75 Å². The van der Waals surface area contributed by atoms with Gasteiger partial charge in [0.1, 0.15) is 5.75 Å². The monoisotopic (exact) mass is 269 g/mol. The van der Waals surface area contributed by atoms with E-state index in [0.717, 1.165) is 12.2 Å². The molecule has 0 aromatic heterocycles. The fraction of sp³-hybridized carbons (Fsp3) is 0.333. The zero-order chi connectivity index (χ0) is 14.4. The summed E-state index contributed by atoms with van der Waals surface area (Å²) in [5.41, 5.74) is 8.52.